The third-order valence-corrected chi connectivity index (χ3v) is 4.04. The molecule has 1 N–H and O–H groups in total. The molecule has 2 aromatic rings. The van der Waals surface area contributed by atoms with Gasteiger partial charge in [0.15, 0.2) is 0 Å². The van der Waals surface area contributed by atoms with Crippen molar-refractivity contribution in [3.63, 3.8) is 0 Å². The number of carbonyl (C=O) groups excluding carboxylic acids is 2. The van der Waals surface area contributed by atoms with E-state index in [1.54, 1.807) is 24.3 Å². The number of aromatic nitrogens is 1. The molecule has 0 aliphatic rings. The lowest BCUT2D eigenvalue weighted by Gasteiger charge is -2.20. The topological polar surface area (TPSA) is 84.7 Å². The third-order valence-electron chi connectivity index (χ3n) is 4.04. The summed E-state index contributed by atoms with van der Waals surface area (Å²) < 4.78 is 10.9. The highest BCUT2D eigenvalue weighted by atomic mass is 16.5. The van der Waals surface area contributed by atoms with E-state index in [0.29, 0.717) is 31.0 Å². The van der Waals surface area contributed by atoms with Gasteiger partial charge < -0.3 is 19.5 Å². The number of nitrogens with one attached hydrogen (secondary N) is 1. The summed E-state index contributed by atoms with van der Waals surface area (Å²) in [6.07, 6.45) is 0. The highest BCUT2D eigenvalue weighted by molar-refractivity contribution is 5.96. The van der Waals surface area contributed by atoms with Gasteiger partial charge in [-0.2, -0.15) is 0 Å². The molecule has 0 spiro atoms. The second-order valence-corrected chi connectivity index (χ2v) is 5.89. The Morgan fingerprint density at radius 2 is 1.88 bits per heavy atom. The normalized spacial score (nSPS) is 10.5. The van der Waals surface area contributed by atoms with Crippen LogP contribution in [0.25, 0.3) is 0 Å². The molecule has 0 radical (unpaired) electrons. The standard InChI is InChI=1S/C19H25N3O4/c1-5-20-18(23)11-22(6-2)19(24)15-7-9-16(10-8-15)25-12-17-13(3)21-26-14(17)4/h7-10H,5-6,11-12H2,1-4H3,(H,20,23). The Labute approximate surface area is 153 Å². The van der Waals surface area contributed by atoms with Crippen molar-refractivity contribution in [1.82, 2.24) is 15.4 Å². The Hall–Kier alpha value is -2.83. The van der Waals surface area contributed by atoms with E-state index in [4.69, 9.17) is 9.26 Å². The minimum Gasteiger partial charge on any atom is -0.489 e. The third kappa shape index (κ3) is 4.84. The molecule has 0 saturated carbocycles. The summed E-state index contributed by atoms with van der Waals surface area (Å²) in [5.74, 6) is 1.03. The Kier molecular flexibility index (Phi) is 6.77. The highest BCUT2D eigenvalue weighted by Gasteiger charge is 2.17. The van der Waals surface area contributed by atoms with Gasteiger partial charge >= 0.3 is 0 Å². The molecule has 1 aromatic heterocycles. The average molecular weight is 359 g/mol. The number of ether oxygens (including phenoxy) is 1. The van der Waals surface area contributed by atoms with Gasteiger partial charge in [0.1, 0.15) is 18.1 Å². The van der Waals surface area contributed by atoms with Crippen molar-refractivity contribution in [3.05, 3.63) is 46.8 Å². The van der Waals surface area contributed by atoms with Crippen LogP contribution in [0.15, 0.2) is 28.8 Å². The van der Waals surface area contributed by atoms with E-state index in [1.807, 2.05) is 27.7 Å². The van der Waals surface area contributed by atoms with Gasteiger partial charge in [-0.15, -0.1) is 0 Å². The monoisotopic (exact) mass is 359 g/mol. The minimum absolute atomic E-state index is 0.0491. The number of rotatable bonds is 8. The molecule has 0 atom stereocenters. The lowest BCUT2D eigenvalue weighted by molar-refractivity contribution is -0.121. The molecular formula is C19H25N3O4. The molecule has 2 amide bonds. The van der Waals surface area contributed by atoms with Crippen LogP contribution in [0.1, 0.15) is 41.2 Å². The Morgan fingerprint density at radius 3 is 2.42 bits per heavy atom. The summed E-state index contributed by atoms with van der Waals surface area (Å²) in [5, 5.41) is 6.59. The molecule has 0 saturated heterocycles. The van der Waals surface area contributed by atoms with Gasteiger partial charge in [-0.25, -0.2) is 0 Å². The van der Waals surface area contributed by atoms with Gasteiger partial charge in [0.05, 0.1) is 17.8 Å². The van der Waals surface area contributed by atoms with Crippen LogP contribution in [0.4, 0.5) is 0 Å². The fourth-order valence-electron chi connectivity index (χ4n) is 2.49. The van der Waals surface area contributed by atoms with Crippen LogP contribution in [0.3, 0.4) is 0 Å². The molecule has 0 aliphatic carbocycles. The van der Waals surface area contributed by atoms with E-state index < -0.39 is 0 Å². The van der Waals surface area contributed by atoms with Crippen molar-refractivity contribution in [1.29, 1.82) is 0 Å². The van der Waals surface area contributed by atoms with Crippen molar-refractivity contribution in [2.24, 2.45) is 0 Å². The summed E-state index contributed by atoms with van der Waals surface area (Å²) in [6, 6.07) is 6.88. The van der Waals surface area contributed by atoms with E-state index in [1.165, 1.54) is 4.90 Å². The van der Waals surface area contributed by atoms with Crippen molar-refractivity contribution >= 4 is 11.8 Å². The van der Waals surface area contributed by atoms with E-state index >= 15 is 0 Å². The smallest absolute Gasteiger partial charge is 0.254 e. The molecule has 7 heteroatoms. The molecular weight excluding hydrogens is 334 g/mol. The number of benzene rings is 1. The maximum Gasteiger partial charge on any atom is 0.254 e. The molecule has 1 heterocycles. The second-order valence-electron chi connectivity index (χ2n) is 5.89. The first kappa shape index (κ1) is 19.5. The van der Waals surface area contributed by atoms with Gasteiger partial charge in [-0.05, 0) is 52.0 Å². The van der Waals surface area contributed by atoms with Crippen LogP contribution in [-0.4, -0.2) is 41.5 Å². The molecule has 1 aromatic carbocycles. The van der Waals surface area contributed by atoms with Crippen LogP contribution in [0.5, 0.6) is 5.75 Å². The molecule has 7 nitrogen and oxygen atoms in total. The molecule has 0 bridgehead atoms. The zero-order chi connectivity index (χ0) is 19.1. The average Bonchev–Trinajstić information content (AvgIpc) is 2.96. The Morgan fingerprint density at radius 1 is 1.19 bits per heavy atom. The number of amides is 2. The SMILES string of the molecule is CCNC(=O)CN(CC)C(=O)c1ccc(OCc2c(C)noc2C)cc1. The van der Waals surface area contributed by atoms with Gasteiger partial charge in [0, 0.05) is 18.7 Å². The molecule has 26 heavy (non-hydrogen) atoms. The minimum atomic E-state index is -0.184. The fraction of sp³-hybridized carbons (Fsp3) is 0.421. The van der Waals surface area contributed by atoms with E-state index in [9.17, 15) is 9.59 Å². The zero-order valence-corrected chi connectivity index (χ0v) is 15.7. The number of likely N-dealkylation sites (N-methyl/N-ethyl adjacent to an activating group) is 2. The molecule has 0 aliphatic heterocycles. The summed E-state index contributed by atoms with van der Waals surface area (Å²) in [5.41, 5.74) is 2.24. The van der Waals surface area contributed by atoms with Crippen molar-refractivity contribution in [3.8, 4) is 5.75 Å². The molecule has 0 fully saturated rings. The van der Waals surface area contributed by atoms with Gasteiger partial charge in [-0.1, -0.05) is 5.16 Å². The van der Waals surface area contributed by atoms with Crippen LogP contribution in [0.2, 0.25) is 0 Å². The zero-order valence-electron chi connectivity index (χ0n) is 15.7. The van der Waals surface area contributed by atoms with E-state index in [-0.39, 0.29) is 18.4 Å². The fourth-order valence-corrected chi connectivity index (χ4v) is 2.49. The second kappa shape index (κ2) is 9.03. The lowest BCUT2D eigenvalue weighted by Crippen LogP contribution is -2.40. The lowest BCUT2D eigenvalue weighted by atomic mass is 10.2. The van der Waals surface area contributed by atoms with Crippen LogP contribution < -0.4 is 10.1 Å². The maximum atomic E-state index is 12.5. The number of nitrogens with zero attached hydrogens (tertiary/aromatic N) is 2. The first-order valence-electron chi connectivity index (χ1n) is 8.66. The Bertz CT molecular complexity index is 733. The summed E-state index contributed by atoms with van der Waals surface area (Å²) in [6.45, 7) is 8.80. The van der Waals surface area contributed by atoms with Crippen LogP contribution >= 0.6 is 0 Å². The number of hydrogen-bond donors (Lipinski definition) is 1. The van der Waals surface area contributed by atoms with Crippen LogP contribution in [-0.2, 0) is 11.4 Å². The van der Waals surface area contributed by atoms with Gasteiger partial charge in [-0.3, -0.25) is 9.59 Å². The van der Waals surface area contributed by atoms with Crippen molar-refractivity contribution in [2.75, 3.05) is 19.6 Å². The quantitative estimate of drug-likeness (QED) is 0.783. The number of aryl methyl sites for hydroxylation is 2. The predicted octanol–water partition coefficient (Wildman–Crippen LogP) is 2.47. The van der Waals surface area contributed by atoms with Crippen LogP contribution in [0, 0.1) is 13.8 Å². The molecule has 2 rings (SSSR count). The van der Waals surface area contributed by atoms with E-state index in [2.05, 4.69) is 10.5 Å². The molecule has 0 unspecified atom stereocenters. The number of hydrogen-bond acceptors (Lipinski definition) is 5. The highest BCUT2D eigenvalue weighted by Crippen LogP contribution is 2.18. The largest absolute Gasteiger partial charge is 0.489 e. The summed E-state index contributed by atoms with van der Waals surface area (Å²) in [4.78, 5) is 25.8. The van der Waals surface area contributed by atoms with Crippen molar-refractivity contribution < 1.29 is 18.8 Å². The summed E-state index contributed by atoms with van der Waals surface area (Å²) >= 11 is 0. The van der Waals surface area contributed by atoms with Crippen molar-refractivity contribution in [2.45, 2.75) is 34.3 Å². The first-order valence-corrected chi connectivity index (χ1v) is 8.66. The predicted molar refractivity (Wildman–Crippen MR) is 97.0 cm³/mol. The Balaban J connectivity index is 1.99. The maximum absolute atomic E-state index is 12.5. The first-order chi connectivity index (χ1) is 12.5. The number of carbonyl (C=O) groups is 2. The summed E-state index contributed by atoms with van der Waals surface area (Å²) in [7, 11) is 0. The molecule has 140 valence electrons. The van der Waals surface area contributed by atoms with Gasteiger partial charge in [0.25, 0.3) is 5.91 Å². The van der Waals surface area contributed by atoms with E-state index in [0.717, 1.165) is 17.0 Å². The van der Waals surface area contributed by atoms with Gasteiger partial charge in [0.2, 0.25) is 5.91 Å².